The van der Waals surface area contributed by atoms with Gasteiger partial charge in [-0.3, -0.25) is 9.80 Å². The molecule has 8 heteroatoms. The van der Waals surface area contributed by atoms with E-state index in [-0.39, 0.29) is 17.5 Å². The van der Waals surface area contributed by atoms with Gasteiger partial charge in [0.25, 0.3) is 0 Å². The maximum atomic E-state index is 12.7. The minimum atomic E-state index is -3.29. The predicted molar refractivity (Wildman–Crippen MR) is 103 cm³/mol. The summed E-state index contributed by atoms with van der Waals surface area (Å²) in [6, 6.07) is 5.68. The highest BCUT2D eigenvalue weighted by atomic mass is 32.2. The van der Waals surface area contributed by atoms with Gasteiger partial charge in [-0.1, -0.05) is 12.1 Å². The van der Waals surface area contributed by atoms with Gasteiger partial charge in [-0.15, -0.1) is 0 Å². The summed E-state index contributed by atoms with van der Waals surface area (Å²) in [7, 11) is -6.15. The minimum Gasteiger partial charge on any atom is -0.300 e. The molecule has 146 valence electrons. The Morgan fingerprint density at radius 1 is 1.12 bits per heavy atom. The molecule has 1 unspecified atom stereocenters. The third-order valence-corrected chi connectivity index (χ3v) is 9.07. The minimum absolute atomic E-state index is 0.120. The molecule has 0 radical (unpaired) electrons. The molecule has 0 spiro atoms. The van der Waals surface area contributed by atoms with Gasteiger partial charge in [-0.05, 0) is 37.5 Å². The highest BCUT2D eigenvalue weighted by Gasteiger charge is 2.33. The van der Waals surface area contributed by atoms with E-state index in [0.717, 1.165) is 43.7 Å². The standard InChI is InChI=1S/C18H28N2O4S2/c1-15-3-4-16(2)18(13-15)26(23,24)12-10-19-6-8-20(9-7-19)17-5-11-25(21,22)14-17/h3-4,13,17H,5-12,14H2,1-2H3. The topological polar surface area (TPSA) is 74.8 Å². The number of rotatable bonds is 5. The monoisotopic (exact) mass is 400 g/mol. The van der Waals surface area contributed by atoms with Gasteiger partial charge in [0, 0.05) is 38.8 Å². The molecule has 0 saturated carbocycles. The molecule has 2 aliphatic rings. The summed E-state index contributed by atoms with van der Waals surface area (Å²) in [5.74, 6) is 0.690. The molecule has 2 fully saturated rings. The van der Waals surface area contributed by atoms with Crippen molar-refractivity contribution in [3.63, 3.8) is 0 Å². The van der Waals surface area contributed by atoms with Gasteiger partial charge >= 0.3 is 0 Å². The van der Waals surface area contributed by atoms with Crippen LogP contribution in [0, 0.1) is 13.8 Å². The molecule has 0 aromatic heterocycles. The van der Waals surface area contributed by atoms with Crippen molar-refractivity contribution in [1.82, 2.24) is 9.80 Å². The summed E-state index contributed by atoms with van der Waals surface area (Å²) in [5.41, 5.74) is 1.75. The normalized spacial score (nSPS) is 24.8. The van der Waals surface area contributed by atoms with Crippen LogP contribution in [0.5, 0.6) is 0 Å². The first-order valence-corrected chi connectivity index (χ1v) is 12.6. The van der Waals surface area contributed by atoms with Crippen molar-refractivity contribution in [3.05, 3.63) is 29.3 Å². The summed E-state index contributed by atoms with van der Waals surface area (Å²) in [6.07, 6.45) is 0.726. The van der Waals surface area contributed by atoms with Crippen LogP contribution in [0.2, 0.25) is 0 Å². The quantitative estimate of drug-likeness (QED) is 0.731. The molecule has 3 rings (SSSR count). The van der Waals surface area contributed by atoms with Gasteiger partial charge in [-0.25, -0.2) is 16.8 Å². The molecule has 2 aliphatic heterocycles. The van der Waals surface area contributed by atoms with E-state index in [9.17, 15) is 16.8 Å². The van der Waals surface area contributed by atoms with Gasteiger partial charge in [0.05, 0.1) is 22.2 Å². The van der Waals surface area contributed by atoms with E-state index < -0.39 is 19.7 Å². The lowest BCUT2D eigenvalue weighted by Gasteiger charge is -2.37. The molecule has 1 aromatic rings. The molecule has 0 N–H and O–H groups in total. The summed E-state index contributed by atoms with van der Waals surface area (Å²) in [6.45, 7) is 7.46. The fourth-order valence-electron chi connectivity index (χ4n) is 3.82. The fraction of sp³-hybridized carbons (Fsp3) is 0.667. The Morgan fingerprint density at radius 3 is 2.42 bits per heavy atom. The van der Waals surface area contributed by atoms with Crippen molar-refractivity contribution < 1.29 is 16.8 Å². The first-order valence-electron chi connectivity index (χ1n) is 9.13. The lowest BCUT2D eigenvalue weighted by molar-refractivity contribution is 0.109. The Hall–Kier alpha value is -0.960. The van der Waals surface area contributed by atoms with E-state index in [1.807, 2.05) is 26.0 Å². The van der Waals surface area contributed by atoms with Crippen molar-refractivity contribution in [1.29, 1.82) is 0 Å². The van der Waals surface area contributed by atoms with E-state index in [4.69, 9.17) is 0 Å². The third-order valence-electron chi connectivity index (χ3n) is 5.49. The number of benzene rings is 1. The molecule has 6 nitrogen and oxygen atoms in total. The maximum absolute atomic E-state index is 12.7. The number of hydrogen-bond donors (Lipinski definition) is 0. The molecule has 1 atom stereocenters. The highest BCUT2D eigenvalue weighted by molar-refractivity contribution is 7.91. The van der Waals surface area contributed by atoms with Crippen LogP contribution >= 0.6 is 0 Å². The second kappa shape index (κ2) is 7.58. The van der Waals surface area contributed by atoms with E-state index in [2.05, 4.69) is 9.80 Å². The van der Waals surface area contributed by atoms with Gasteiger partial charge in [0.15, 0.2) is 19.7 Å². The van der Waals surface area contributed by atoms with Crippen LogP contribution in [-0.2, 0) is 19.7 Å². The van der Waals surface area contributed by atoms with Crippen LogP contribution in [0.25, 0.3) is 0 Å². The van der Waals surface area contributed by atoms with Gasteiger partial charge in [0.2, 0.25) is 0 Å². The summed E-state index contributed by atoms with van der Waals surface area (Å²) in [4.78, 5) is 4.86. The average molecular weight is 401 g/mol. The molecule has 26 heavy (non-hydrogen) atoms. The van der Waals surface area contributed by atoms with Gasteiger partial charge < -0.3 is 0 Å². The fourth-order valence-corrected chi connectivity index (χ4v) is 7.22. The summed E-state index contributed by atoms with van der Waals surface area (Å²) < 4.78 is 48.7. The molecular formula is C18H28N2O4S2. The molecule has 1 aromatic carbocycles. The van der Waals surface area contributed by atoms with E-state index in [0.29, 0.717) is 17.2 Å². The van der Waals surface area contributed by atoms with Crippen LogP contribution in [0.15, 0.2) is 23.1 Å². The number of piperazine rings is 1. The first-order chi connectivity index (χ1) is 12.2. The number of hydrogen-bond acceptors (Lipinski definition) is 6. The van der Waals surface area contributed by atoms with Crippen LogP contribution in [0.3, 0.4) is 0 Å². The Morgan fingerprint density at radius 2 is 1.81 bits per heavy atom. The molecular weight excluding hydrogens is 372 g/mol. The summed E-state index contributed by atoms with van der Waals surface area (Å²) >= 11 is 0. The SMILES string of the molecule is Cc1ccc(C)c(S(=O)(=O)CCN2CCN(C3CCS(=O)(=O)C3)CC2)c1. The Labute approximate surface area is 157 Å². The zero-order valence-electron chi connectivity index (χ0n) is 15.5. The second-order valence-corrected chi connectivity index (χ2v) is 11.8. The number of aryl methyl sites for hydroxylation is 2. The van der Waals surface area contributed by atoms with Crippen LogP contribution in [0.1, 0.15) is 17.5 Å². The molecule has 2 saturated heterocycles. The van der Waals surface area contributed by atoms with Crippen molar-refractivity contribution >= 4 is 19.7 Å². The molecule has 2 heterocycles. The average Bonchev–Trinajstić information content (AvgIpc) is 2.95. The summed E-state index contributed by atoms with van der Waals surface area (Å²) in [5, 5.41) is 0. The van der Waals surface area contributed by atoms with Crippen LogP contribution in [0.4, 0.5) is 0 Å². The van der Waals surface area contributed by atoms with Crippen LogP contribution < -0.4 is 0 Å². The Kier molecular flexibility index (Phi) is 5.77. The number of sulfone groups is 2. The maximum Gasteiger partial charge on any atom is 0.179 e. The Bertz CT molecular complexity index is 857. The Balaban J connectivity index is 1.53. The van der Waals surface area contributed by atoms with Crippen molar-refractivity contribution in [2.75, 3.05) is 50.0 Å². The van der Waals surface area contributed by atoms with Gasteiger partial charge in [0.1, 0.15) is 0 Å². The van der Waals surface area contributed by atoms with E-state index in [1.165, 1.54) is 0 Å². The first kappa shape index (κ1) is 19.8. The zero-order valence-corrected chi connectivity index (χ0v) is 17.2. The lowest BCUT2D eigenvalue weighted by atomic mass is 10.2. The van der Waals surface area contributed by atoms with E-state index in [1.54, 1.807) is 6.07 Å². The number of nitrogens with zero attached hydrogens (tertiary/aromatic N) is 2. The van der Waals surface area contributed by atoms with Crippen molar-refractivity contribution in [2.24, 2.45) is 0 Å². The molecule has 0 aliphatic carbocycles. The van der Waals surface area contributed by atoms with Gasteiger partial charge in [-0.2, -0.15) is 0 Å². The third kappa shape index (κ3) is 4.65. The van der Waals surface area contributed by atoms with Crippen molar-refractivity contribution in [3.8, 4) is 0 Å². The van der Waals surface area contributed by atoms with E-state index >= 15 is 0 Å². The van der Waals surface area contributed by atoms with Crippen molar-refractivity contribution in [2.45, 2.75) is 31.2 Å². The zero-order chi connectivity index (χ0) is 18.9. The smallest absolute Gasteiger partial charge is 0.179 e. The highest BCUT2D eigenvalue weighted by Crippen LogP contribution is 2.21. The predicted octanol–water partition coefficient (Wildman–Crippen LogP) is 0.882. The van der Waals surface area contributed by atoms with Crippen LogP contribution in [-0.4, -0.2) is 82.7 Å². The molecule has 0 bridgehead atoms. The molecule has 0 amide bonds. The largest absolute Gasteiger partial charge is 0.300 e. The second-order valence-electron chi connectivity index (χ2n) is 7.52. The lowest BCUT2D eigenvalue weighted by Crippen LogP contribution is -2.51.